The van der Waals surface area contributed by atoms with Crippen molar-refractivity contribution in [3.63, 3.8) is 0 Å². The van der Waals surface area contributed by atoms with Gasteiger partial charge in [-0.25, -0.2) is 0 Å². The third-order valence-corrected chi connectivity index (χ3v) is 4.57. The van der Waals surface area contributed by atoms with Crippen molar-refractivity contribution in [1.29, 1.82) is 0 Å². The fourth-order valence-corrected chi connectivity index (χ4v) is 3.02. The smallest absolute Gasteiger partial charge is 0.260 e. The Balaban J connectivity index is 1.41. The number of piperazine rings is 1. The zero-order valence-corrected chi connectivity index (χ0v) is 15.4. The molecule has 0 aliphatic carbocycles. The van der Waals surface area contributed by atoms with E-state index in [1.807, 2.05) is 24.3 Å². The molecule has 0 spiro atoms. The normalized spacial score (nSPS) is 14.1. The molecule has 0 unspecified atom stereocenters. The topological polar surface area (TPSA) is 72.2 Å². The molecule has 1 fully saturated rings. The SMILES string of the molecule is COc1ccccc1OCC(=O)N1CCN(C(=O)CCc2ccco2)CC1. The maximum absolute atomic E-state index is 12.4. The number of nitrogens with zero attached hydrogens (tertiary/aromatic N) is 2. The summed E-state index contributed by atoms with van der Waals surface area (Å²) >= 11 is 0. The Morgan fingerprint density at radius 2 is 1.63 bits per heavy atom. The Bertz CT molecular complexity index is 751. The van der Waals surface area contributed by atoms with Crippen molar-refractivity contribution in [3.8, 4) is 11.5 Å². The van der Waals surface area contributed by atoms with E-state index in [0.29, 0.717) is 50.5 Å². The highest BCUT2D eigenvalue weighted by Crippen LogP contribution is 2.25. The summed E-state index contributed by atoms with van der Waals surface area (Å²) in [6.45, 7) is 2.06. The summed E-state index contributed by atoms with van der Waals surface area (Å²) in [7, 11) is 1.56. The number of hydrogen-bond donors (Lipinski definition) is 0. The molecular formula is C20H24N2O5. The quantitative estimate of drug-likeness (QED) is 0.743. The van der Waals surface area contributed by atoms with Gasteiger partial charge in [0.25, 0.3) is 5.91 Å². The van der Waals surface area contributed by atoms with Crippen molar-refractivity contribution in [2.24, 2.45) is 0 Å². The Labute approximate surface area is 158 Å². The average Bonchev–Trinajstić information content (AvgIpc) is 3.24. The molecule has 0 bridgehead atoms. The van der Waals surface area contributed by atoms with E-state index in [2.05, 4.69) is 0 Å². The number of rotatable bonds is 7. The molecule has 144 valence electrons. The average molecular weight is 372 g/mol. The number of aryl methyl sites for hydroxylation is 1. The van der Waals surface area contributed by atoms with Crippen molar-refractivity contribution in [2.45, 2.75) is 12.8 Å². The summed E-state index contributed by atoms with van der Waals surface area (Å²) in [6, 6.07) is 10.9. The molecule has 0 atom stereocenters. The van der Waals surface area contributed by atoms with E-state index in [1.165, 1.54) is 0 Å². The lowest BCUT2D eigenvalue weighted by Crippen LogP contribution is -2.51. The molecule has 1 aromatic carbocycles. The van der Waals surface area contributed by atoms with Crippen molar-refractivity contribution in [3.05, 3.63) is 48.4 Å². The van der Waals surface area contributed by atoms with Gasteiger partial charge in [0.15, 0.2) is 18.1 Å². The molecule has 7 heteroatoms. The zero-order valence-electron chi connectivity index (χ0n) is 15.4. The lowest BCUT2D eigenvalue weighted by Gasteiger charge is -2.34. The van der Waals surface area contributed by atoms with Crippen LogP contribution in [-0.4, -0.2) is 61.5 Å². The summed E-state index contributed by atoms with van der Waals surface area (Å²) < 4.78 is 16.1. The Morgan fingerprint density at radius 3 is 2.26 bits per heavy atom. The Hall–Kier alpha value is -2.96. The molecule has 1 aliphatic rings. The van der Waals surface area contributed by atoms with Crippen LogP contribution in [0.4, 0.5) is 0 Å². The van der Waals surface area contributed by atoms with Gasteiger partial charge in [-0.1, -0.05) is 12.1 Å². The second kappa shape index (κ2) is 9.12. The van der Waals surface area contributed by atoms with Crippen LogP contribution in [0.2, 0.25) is 0 Å². The zero-order chi connectivity index (χ0) is 19.1. The molecule has 0 saturated carbocycles. The van der Waals surface area contributed by atoms with E-state index in [-0.39, 0.29) is 18.4 Å². The molecule has 7 nitrogen and oxygen atoms in total. The van der Waals surface area contributed by atoms with Crippen LogP contribution in [-0.2, 0) is 16.0 Å². The van der Waals surface area contributed by atoms with Gasteiger partial charge >= 0.3 is 0 Å². The predicted molar refractivity (Wildman–Crippen MR) is 98.7 cm³/mol. The second-order valence-electron chi connectivity index (χ2n) is 6.28. The van der Waals surface area contributed by atoms with Gasteiger partial charge in [-0.05, 0) is 24.3 Å². The van der Waals surface area contributed by atoms with Crippen LogP contribution >= 0.6 is 0 Å². The van der Waals surface area contributed by atoms with Crippen LogP contribution in [0.1, 0.15) is 12.2 Å². The lowest BCUT2D eigenvalue weighted by molar-refractivity contribution is -0.140. The van der Waals surface area contributed by atoms with Crippen molar-refractivity contribution in [2.75, 3.05) is 39.9 Å². The van der Waals surface area contributed by atoms with Crippen LogP contribution in [0, 0.1) is 0 Å². The van der Waals surface area contributed by atoms with Gasteiger partial charge in [0.2, 0.25) is 5.91 Å². The lowest BCUT2D eigenvalue weighted by atomic mass is 10.2. The van der Waals surface area contributed by atoms with Crippen molar-refractivity contribution < 1.29 is 23.5 Å². The first-order valence-electron chi connectivity index (χ1n) is 9.01. The van der Waals surface area contributed by atoms with E-state index < -0.39 is 0 Å². The van der Waals surface area contributed by atoms with Gasteiger partial charge in [-0.15, -0.1) is 0 Å². The van der Waals surface area contributed by atoms with Gasteiger partial charge in [0, 0.05) is 39.0 Å². The van der Waals surface area contributed by atoms with Crippen LogP contribution in [0.5, 0.6) is 11.5 Å². The third kappa shape index (κ3) is 5.03. The maximum atomic E-state index is 12.4. The standard InChI is InChI=1S/C20H24N2O5/c1-25-17-6-2-3-7-18(17)27-15-20(24)22-12-10-21(11-13-22)19(23)9-8-16-5-4-14-26-16/h2-7,14H,8-13,15H2,1H3. The number of carbonyl (C=O) groups excluding carboxylic acids is 2. The first-order chi connectivity index (χ1) is 13.2. The van der Waals surface area contributed by atoms with Crippen LogP contribution in [0.15, 0.2) is 47.1 Å². The number of benzene rings is 1. The molecule has 1 aliphatic heterocycles. The highest BCUT2D eigenvalue weighted by atomic mass is 16.5. The molecule has 2 amide bonds. The summed E-state index contributed by atoms with van der Waals surface area (Å²) in [5, 5.41) is 0. The van der Waals surface area contributed by atoms with Crippen molar-refractivity contribution in [1.82, 2.24) is 9.80 Å². The molecule has 0 radical (unpaired) electrons. The fraction of sp³-hybridized carbons (Fsp3) is 0.400. The summed E-state index contributed by atoms with van der Waals surface area (Å²) in [4.78, 5) is 28.2. The van der Waals surface area contributed by atoms with E-state index in [4.69, 9.17) is 13.9 Å². The number of furan rings is 1. The molecule has 27 heavy (non-hydrogen) atoms. The summed E-state index contributed by atoms with van der Waals surface area (Å²) in [5.41, 5.74) is 0. The van der Waals surface area contributed by atoms with Crippen LogP contribution in [0.3, 0.4) is 0 Å². The molecular weight excluding hydrogens is 348 g/mol. The van der Waals surface area contributed by atoms with Gasteiger partial charge < -0.3 is 23.7 Å². The highest BCUT2D eigenvalue weighted by molar-refractivity contribution is 5.79. The van der Waals surface area contributed by atoms with E-state index in [1.54, 1.807) is 35.3 Å². The molecule has 2 aromatic rings. The van der Waals surface area contributed by atoms with E-state index in [0.717, 1.165) is 5.76 Å². The van der Waals surface area contributed by atoms with Gasteiger partial charge in [0.05, 0.1) is 13.4 Å². The molecule has 0 N–H and O–H groups in total. The summed E-state index contributed by atoms with van der Waals surface area (Å²) in [5.74, 6) is 1.94. The van der Waals surface area contributed by atoms with Crippen molar-refractivity contribution >= 4 is 11.8 Å². The first kappa shape index (κ1) is 18.8. The number of carbonyl (C=O) groups is 2. The molecule has 1 aromatic heterocycles. The van der Waals surface area contributed by atoms with E-state index in [9.17, 15) is 9.59 Å². The number of hydrogen-bond acceptors (Lipinski definition) is 5. The largest absolute Gasteiger partial charge is 0.493 e. The highest BCUT2D eigenvalue weighted by Gasteiger charge is 2.24. The number of methoxy groups -OCH3 is 1. The second-order valence-corrected chi connectivity index (χ2v) is 6.28. The molecule has 3 rings (SSSR count). The first-order valence-corrected chi connectivity index (χ1v) is 9.01. The van der Waals surface area contributed by atoms with Crippen LogP contribution in [0.25, 0.3) is 0 Å². The molecule has 2 heterocycles. The van der Waals surface area contributed by atoms with Gasteiger partial charge in [-0.2, -0.15) is 0 Å². The number of para-hydroxylation sites is 2. The number of ether oxygens (including phenoxy) is 2. The molecule has 1 saturated heterocycles. The minimum Gasteiger partial charge on any atom is -0.493 e. The van der Waals surface area contributed by atoms with Crippen LogP contribution < -0.4 is 9.47 Å². The maximum Gasteiger partial charge on any atom is 0.260 e. The Kier molecular flexibility index (Phi) is 6.35. The Morgan fingerprint density at radius 1 is 0.963 bits per heavy atom. The third-order valence-electron chi connectivity index (χ3n) is 4.57. The monoisotopic (exact) mass is 372 g/mol. The fourth-order valence-electron chi connectivity index (χ4n) is 3.02. The summed E-state index contributed by atoms with van der Waals surface area (Å²) in [6.07, 6.45) is 2.62. The number of amides is 2. The van der Waals surface area contributed by atoms with Gasteiger partial charge in [-0.3, -0.25) is 9.59 Å². The predicted octanol–water partition coefficient (Wildman–Crippen LogP) is 1.97. The van der Waals surface area contributed by atoms with E-state index >= 15 is 0 Å². The van der Waals surface area contributed by atoms with Gasteiger partial charge in [0.1, 0.15) is 5.76 Å². The minimum absolute atomic E-state index is 0.0488. The minimum atomic E-state index is -0.0939.